The minimum Gasteiger partial charge on any atom is -0.480 e. The summed E-state index contributed by atoms with van der Waals surface area (Å²) in [5.74, 6) is -0.928. The van der Waals surface area contributed by atoms with E-state index in [0.717, 1.165) is 33.7 Å². The standard InChI is InChI=1S/C19H14ClN3O2/c20-13-6-7-14-15(8-13)19(12-4-2-1-3-5-12)21-9-17-16(14)10-23(22-17)11-18(24)25/h1-8,10H,9,11H2,(H,24,25). The number of aliphatic imine (C=N–C) groups is 1. The molecule has 1 aliphatic rings. The maximum atomic E-state index is 11.0. The third-order valence-electron chi connectivity index (χ3n) is 4.10. The Balaban J connectivity index is 1.90. The SMILES string of the molecule is O=C(O)Cn1cc2c(n1)CN=C(c1ccccc1)c1cc(Cl)ccc1-2. The van der Waals surface area contributed by atoms with E-state index in [1.165, 1.54) is 4.68 Å². The van der Waals surface area contributed by atoms with E-state index in [4.69, 9.17) is 21.7 Å². The zero-order valence-corrected chi connectivity index (χ0v) is 13.9. The van der Waals surface area contributed by atoms with Gasteiger partial charge in [0, 0.05) is 27.9 Å². The summed E-state index contributed by atoms with van der Waals surface area (Å²) in [7, 11) is 0. The quantitative estimate of drug-likeness (QED) is 0.783. The van der Waals surface area contributed by atoms with E-state index in [9.17, 15) is 4.79 Å². The first-order chi connectivity index (χ1) is 12.1. The number of hydrogen-bond donors (Lipinski definition) is 1. The first-order valence-corrected chi connectivity index (χ1v) is 8.18. The summed E-state index contributed by atoms with van der Waals surface area (Å²) >= 11 is 6.23. The second-order valence-corrected chi connectivity index (χ2v) is 6.24. The number of carboxylic acids is 1. The molecule has 0 radical (unpaired) electrons. The molecule has 0 saturated carbocycles. The van der Waals surface area contributed by atoms with Gasteiger partial charge in [0.05, 0.1) is 18.0 Å². The molecule has 1 aromatic heterocycles. The lowest BCUT2D eigenvalue weighted by Crippen LogP contribution is -2.09. The lowest BCUT2D eigenvalue weighted by molar-refractivity contribution is -0.137. The van der Waals surface area contributed by atoms with Crippen LogP contribution < -0.4 is 0 Å². The number of rotatable bonds is 3. The first-order valence-electron chi connectivity index (χ1n) is 7.80. The van der Waals surface area contributed by atoms with Gasteiger partial charge in [-0.15, -0.1) is 0 Å². The molecule has 4 rings (SSSR count). The molecule has 0 fully saturated rings. The molecule has 1 aliphatic heterocycles. The number of hydrogen-bond acceptors (Lipinski definition) is 3. The number of aliphatic carboxylic acids is 1. The van der Waals surface area contributed by atoms with E-state index in [0.29, 0.717) is 11.6 Å². The summed E-state index contributed by atoms with van der Waals surface area (Å²) in [5.41, 5.74) is 5.40. The second-order valence-electron chi connectivity index (χ2n) is 5.80. The Morgan fingerprint density at radius 1 is 1.12 bits per heavy atom. The van der Waals surface area contributed by atoms with Crippen molar-refractivity contribution >= 4 is 23.3 Å². The fourth-order valence-corrected chi connectivity index (χ4v) is 3.22. The molecule has 0 aliphatic carbocycles. The first kappa shape index (κ1) is 15.6. The molecule has 0 unspecified atom stereocenters. The van der Waals surface area contributed by atoms with Crippen molar-refractivity contribution in [2.45, 2.75) is 13.1 Å². The van der Waals surface area contributed by atoms with Crippen LogP contribution in [0.15, 0.2) is 59.7 Å². The predicted octanol–water partition coefficient (Wildman–Crippen LogP) is 3.64. The van der Waals surface area contributed by atoms with E-state index >= 15 is 0 Å². The van der Waals surface area contributed by atoms with Crippen LogP contribution in [-0.2, 0) is 17.9 Å². The molecule has 1 N–H and O–H groups in total. The highest BCUT2D eigenvalue weighted by atomic mass is 35.5. The smallest absolute Gasteiger partial charge is 0.325 e. The van der Waals surface area contributed by atoms with Gasteiger partial charge in [0.2, 0.25) is 0 Å². The van der Waals surface area contributed by atoms with E-state index in [-0.39, 0.29) is 6.54 Å². The minimum absolute atomic E-state index is 0.175. The van der Waals surface area contributed by atoms with Crippen LogP contribution in [0.25, 0.3) is 11.1 Å². The number of carboxylic acid groups (broad SMARTS) is 1. The van der Waals surface area contributed by atoms with Gasteiger partial charge in [-0.05, 0) is 17.7 Å². The van der Waals surface area contributed by atoms with E-state index < -0.39 is 5.97 Å². The monoisotopic (exact) mass is 351 g/mol. The number of carbonyl (C=O) groups is 1. The molecule has 2 aromatic carbocycles. The highest BCUT2D eigenvalue weighted by Crippen LogP contribution is 2.33. The van der Waals surface area contributed by atoms with Gasteiger partial charge in [0.25, 0.3) is 0 Å². The summed E-state index contributed by atoms with van der Waals surface area (Å²) in [6, 6.07) is 15.6. The molecule has 0 spiro atoms. The van der Waals surface area contributed by atoms with E-state index in [2.05, 4.69) is 5.10 Å². The van der Waals surface area contributed by atoms with Crippen molar-refractivity contribution in [1.29, 1.82) is 0 Å². The van der Waals surface area contributed by atoms with Crippen molar-refractivity contribution in [2.24, 2.45) is 4.99 Å². The molecular weight excluding hydrogens is 338 g/mol. The largest absolute Gasteiger partial charge is 0.480 e. The van der Waals surface area contributed by atoms with Crippen LogP contribution in [0.1, 0.15) is 16.8 Å². The number of halogens is 1. The van der Waals surface area contributed by atoms with Crippen LogP contribution in [0.5, 0.6) is 0 Å². The van der Waals surface area contributed by atoms with E-state index in [1.54, 1.807) is 6.20 Å². The van der Waals surface area contributed by atoms with Gasteiger partial charge >= 0.3 is 5.97 Å². The van der Waals surface area contributed by atoms with Crippen molar-refractivity contribution in [3.63, 3.8) is 0 Å². The maximum Gasteiger partial charge on any atom is 0.325 e. The van der Waals surface area contributed by atoms with Crippen molar-refractivity contribution in [3.05, 3.63) is 76.6 Å². The fraction of sp³-hybridized carbons (Fsp3) is 0.105. The summed E-state index contributed by atoms with van der Waals surface area (Å²) in [4.78, 5) is 15.7. The molecule has 2 heterocycles. The van der Waals surface area contributed by atoms with Crippen LogP contribution >= 0.6 is 11.6 Å². The Labute approximate surface area is 149 Å². The van der Waals surface area contributed by atoms with Crippen molar-refractivity contribution in [3.8, 4) is 11.1 Å². The molecule has 124 valence electrons. The predicted molar refractivity (Wildman–Crippen MR) is 96.1 cm³/mol. The van der Waals surface area contributed by atoms with Crippen LogP contribution in [0.3, 0.4) is 0 Å². The second kappa shape index (κ2) is 6.18. The van der Waals surface area contributed by atoms with Gasteiger partial charge in [-0.2, -0.15) is 5.10 Å². The zero-order chi connectivity index (χ0) is 17.4. The normalized spacial score (nSPS) is 12.8. The van der Waals surface area contributed by atoms with Gasteiger partial charge in [0.1, 0.15) is 6.54 Å². The van der Waals surface area contributed by atoms with Gasteiger partial charge in [0.15, 0.2) is 0 Å². The minimum atomic E-state index is -0.928. The highest BCUT2D eigenvalue weighted by molar-refractivity contribution is 6.31. The Hall–Kier alpha value is -2.92. The summed E-state index contributed by atoms with van der Waals surface area (Å²) in [6.45, 7) is 0.212. The Morgan fingerprint density at radius 2 is 1.92 bits per heavy atom. The van der Waals surface area contributed by atoms with Crippen molar-refractivity contribution in [1.82, 2.24) is 9.78 Å². The zero-order valence-electron chi connectivity index (χ0n) is 13.2. The van der Waals surface area contributed by atoms with Crippen molar-refractivity contribution < 1.29 is 9.90 Å². The average molecular weight is 352 g/mol. The molecule has 5 nitrogen and oxygen atoms in total. The number of aromatic nitrogens is 2. The summed E-state index contributed by atoms with van der Waals surface area (Å²) in [6.07, 6.45) is 1.76. The number of nitrogens with zero attached hydrogens (tertiary/aromatic N) is 3. The Morgan fingerprint density at radius 3 is 2.68 bits per heavy atom. The molecule has 0 saturated heterocycles. The van der Waals surface area contributed by atoms with Gasteiger partial charge in [-0.25, -0.2) is 0 Å². The third-order valence-corrected chi connectivity index (χ3v) is 4.33. The van der Waals surface area contributed by atoms with Crippen molar-refractivity contribution in [2.75, 3.05) is 0 Å². The van der Waals surface area contributed by atoms with Crippen LogP contribution in [0, 0.1) is 0 Å². The molecule has 6 heteroatoms. The summed E-state index contributed by atoms with van der Waals surface area (Å²) in [5, 5.41) is 14.0. The summed E-state index contributed by atoms with van der Waals surface area (Å²) < 4.78 is 1.44. The van der Waals surface area contributed by atoms with Crippen LogP contribution in [0.4, 0.5) is 0 Å². The topological polar surface area (TPSA) is 67.5 Å². The van der Waals surface area contributed by atoms with Crippen LogP contribution in [-0.4, -0.2) is 26.6 Å². The number of fused-ring (bicyclic) bond motifs is 3. The Kier molecular flexibility index (Phi) is 3.86. The molecule has 25 heavy (non-hydrogen) atoms. The molecule has 0 amide bonds. The molecule has 3 aromatic rings. The van der Waals surface area contributed by atoms with Gasteiger partial charge < -0.3 is 5.11 Å². The van der Waals surface area contributed by atoms with E-state index in [1.807, 2.05) is 48.5 Å². The fourth-order valence-electron chi connectivity index (χ4n) is 3.05. The maximum absolute atomic E-state index is 11.0. The van der Waals surface area contributed by atoms with Crippen LogP contribution in [0.2, 0.25) is 5.02 Å². The molecule has 0 atom stereocenters. The third kappa shape index (κ3) is 2.94. The average Bonchev–Trinajstić information content (AvgIpc) is 2.91. The van der Waals surface area contributed by atoms with Gasteiger partial charge in [-0.1, -0.05) is 48.0 Å². The molecule has 0 bridgehead atoms. The highest BCUT2D eigenvalue weighted by Gasteiger charge is 2.22. The lowest BCUT2D eigenvalue weighted by Gasteiger charge is -2.10. The molecular formula is C19H14ClN3O2. The van der Waals surface area contributed by atoms with Gasteiger partial charge in [-0.3, -0.25) is 14.5 Å². The Bertz CT molecular complexity index is 993. The lowest BCUT2D eigenvalue weighted by atomic mass is 9.94. The number of benzene rings is 2.